The van der Waals surface area contributed by atoms with Gasteiger partial charge in [-0.2, -0.15) is 0 Å². The molecular weight excluding hydrogens is 357 g/mol. The summed E-state index contributed by atoms with van der Waals surface area (Å²) in [7, 11) is -5.07. The lowest BCUT2D eigenvalue weighted by molar-refractivity contribution is 0.242. The molecule has 0 saturated heterocycles. The second-order valence-electron chi connectivity index (χ2n) is 11.9. The minimum atomic E-state index is -1.27. The average Bonchev–Trinajstić information content (AvgIpc) is 2.20. The van der Waals surface area contributed by atoms with E-state index in [-0.39, 0.29) is 0 Å². The van der Waals surface area contributed by atoms with Gasteiger partial charge < -0.3 is 8.46 Å². The predicted molar refractivity (Wildman–Crippen MR) is 123 cm³/mol. The van der Waals surface area contributed by atoms with E-state index in [2.05, 4.69) is 87.0 Å². The van der Waals surface area contributed by atoms with Crippen LogP contribution in [0.5, 0.6) is 0 Å². The van der Waals surface area contributed by atoms with E-state index in [9.17, 15) is 0 Å². The smallest absolute Gasteiger partial charge is 0.112 e. The molecule has 1 fully saturated rings. The fourth-order valence-corrected chi connectivity index (χ4v) is 27.2. The highest BCUT2D eigenvalue weighted by molar-refractivity contribution is 6.90. The molecule has 1 rings (SSSR count). The van der Waals surface area contributed by atoms with Crippen molar-refractivity contribution in [1.82, 2.24) is 8.46 Å². The van der Waals surface area contributed by atoms with Gasteiger partial charge in [0.2, 0.25) is 0 Å². The van der Waals surface area contributed by atoms with Crippen LogP contribution in [-0.2, 0) is 0 Å². The summed E-state index contributed by atoms with van der Waals surface area (Å²) in [4.78, 5) is 0. The normalized spacial score (nSPS) is 24.8. The molecule has 1 aliphatic carbocycles. The summed E-state index contributed by atoms with van der Waals surface area (Å²) in [5.41, 5.74) is 0. The van der Waals surface area contributed by atoms with E-state index in [1.807, 2.05) is 0 Å². The summed E-state index contributed by atoms with van der Waals surface area (Å²) in [6, 6.07) is 1.69. The van der Waals surface area contributed by atoms with Gasteiger partial charge in [-0.15, -0.1) is 0 Å². The highest BCUT2D eigenvalue weighted by Gasteiger charge is 2.45. The molecule has 1 aliphatic rings. The van der Waals surface area contributed by atoms with Gasteiger partial charge in [-0.3, -0.25) is 0 Å². The van der Waals surface area contributed by atoms with Gasteiger partial charge in [0.25, 0.3) is 0 Å². The Balaban J connectivity index is 3.12. The molecule has 0 N–H and O–H groups in total. The van der Waals surface area contributed by atoms with Gasteiger partial charge >= 0.3 is 0 Å². The van der Waals surface area contributed by atoms with Crippen molar-refractivity contribution >= 4 is 32.9 Å². The highest BCUT2D eigenvalue weighted by atomic mass is 28.4. The first-order valence-electron chi connectivity index (χ1n) is 10.0. The predicted octanol–water partition coefficient (Wildman–Crippen LogP) is 6.24. The largest absolute Gasteiger partial charge is 0.343 e. The van der Waals surface area contributed by atoms with Crippen LogP contribution in [0.3, 0.4) is 0 Å². The maximum atomic E-state index is 3.10. The Morgan fingerprint density at radius 2 is 0.750 bits per heavy atom. The summed E-state index contributed by atoms with van der Waals surface area (Å²) in [5.74, 6) is 0. The minimum absolute atomic E-state index is 0.845. The lowest BCUT2D eigenvalue weighted by Gasteiger charge is -2.55. The molecule has 1 saturated carbocycles. The standard InChI is InChI=1S/C18H46N2Si4/c1-21(2,3)19(22(4,5)6)17-14-13-15-18(16-17)20(23(7,8)9)24(10,11)12/h17-18H,13-16H2,1-12H3. The van der Waals surface area contributed by atoms with E-state index in [0.717, 1.165) is 12.1 Å². The van der Waals surface area contributed by atoms with Gasteiger partial charge in [-0.05, 0) is 31.3 Å². The van der Waals surface area contributed by atoms with Crippen molar-refractivity contribution in [3.63, 3.8) is 0 Å². The van der Waals surface area contributed by atoms with E-state index < -0.39 is 32.9 Å². The van der Waals surface area contributed by atoms with Crippen molar-refractivity contribution in [2.24, 2.45) is 0 Å². The van der Waals surface area contributed by atoms with Crippen molar-refractivity contribution in [2.45, 2.75) is 116 Å². The van der Waals surface area contributed by atoms with Gasteiger partial charge in [0.05, 0.1) is 0 Å². The molecule has 0 bridgehead atoms. The van der Waals surface area contributed by atoms with Crippen molar-refractivity contribution in [2.75, 3.05) is 0 Å². The Labute approximate surface area is 157 Å². The third-order valence-corrected chi connectivity index (χ3v) is 20.5. The van der Waals surface area contributed by atoms with Crippen molar-refractivity contribution < 1.29 is 0 Å². The Hall–Kier alpha value is 0.788. The molecule has 0 aromatic rings. The van der Waals surface area contributed by atoms with Crippen LogP contribution in [0.15, 0.2) is 0 Å². The molecule has 144 valence electrons. The second-order valence-corrected chi connectivity index (χ2v) is 32.1. The van der Waals surface area contributed by atoms with Crippen LogP contribution < -0.4 is 0 Å². The lowest BCUT2D eigenvalue weighted by atomic mass is 9.92. The summed E-state index contributed by atoms with van der Waals surface area (Å²) in [5, 5.41) is 0. The van der Waals surface area contributed by atoms with Crippen LogP contribution in [0, 0.1) is 0 Å². The monoisotopic (exact) mass is 402 g/mol. The van der Waals surface area contributed by atoms with Crippen molar-refractivity contribution in [3.8, 4) is 0 Å². The number of nitrogens with zero attached hydrogens (tertiary/aromatic N) is 2. The van der Waals surface area contributed by atoms with Gasteiger partial charge in [0.15, 0.2) is 0 Å². The second kappa shape index (κ2) is 7.42. The molecule has 0 spiro atoms. The molecule has 2 atom stereocenters. The quantitative estimate of drug-likeness (QED) is 0.485. The molecule has 0 radical (unpaired) electrons. The van der Waals surface area contributed by atoms with Gasteiger partial charge in [0, 0.05) is 0 Å². The summed E-state index contributed by atoms with van der Waals surface area (Å²) < 4.78 is 6.19. The third kappa shape index (κ3) is 5.91. The average molecular weight is 403 g/mol. The molecule has 0 amide bonds. The topological polar surface area (TPSA) is 6.48 Å². The number of hydrogen-bond donors (Lipinski definition) is 0. The SMILES string of the molecule is C[Si](C)(C)N(C1CCCC(N([Si](C)(C)C)[Si](C)(C)C)C1)[Si](C)(C)C. The van der Waals surface area contributed by atoms with Gasteiger partial charge in [0.1, 0.15) is 32.9 Å². The Morgan fingerprint density at radius 1 is 0.500 bits per heavy atom. The lowest BCUT2D eigenvalue weighted by Crippen LogP contribution is -2.68. The van der Waals surface area contributed by atoms with Crippen LogP contribution in [0.25, 0.3) is 0 Å². The molecule has 0 aromatic carbocycles. The third-order valence-electron chi connectivity index (χ3n) is 5.24. The number of hydrogen-bond acceptors (Lipinski definition) is 2. The molecule has 6 heteroatoms. The van der Waals surface area contributed by atoms with E-state index in [4.69, 9.17) is 0 Å². The summed E-state index contributed by atoms with van der Waals surface area (Å²) in [6.07, 6.45) is 5.75. The van der Waals surface area contributed by atoms with E-state index in [1.54, 1.807) is 0 Å². The zero-order valence-corrected chi connectivity index (χ0v) is 22.9. The first-order valence-corrected chi connectivity index (χ1v) is 23.8. The Morgan fingerprint density at radius 3 is 0.958 bits per heavy atom. The maximum Gasteiger partial charge on any atom is 0.112 e. The van der Waals surface area contributed by atoms with Crippen molar-refractivity contribution in [3.05, 3.63) is 0 Å². The number of rotatable bonds is 6. The molecule has 0 heterocycles. The highest BCUT2D eigenvalue weighted by Crippen LogP contribution is 2.36. The molecule has 24 heavy (non-hydrogen) atoms. The van der Waals surface area contributed by atoms with E-state index in [0.29, 0.717) is 0 Å². The molecular formula is C18H46N2Si4. The van der Waals surface area contributed by atoms with Crippen LogP contribution >= 0.6 is 0 Å². The maximum absolute atomic E-state index is 3.10. The van der Waals surface area contributed by atoms with Crippen LogP contribution in [-0.4, -0.2) is 53.5 Å². The van der Waals surface area contributed by atoms with E-state index in [1.165, 1.54) is 25.7 Å². The van der Waals surface area contributed by atoms with E-state index >= 15 is 0 Å². The molecule has 0 aliphatic heterocycles. The zero-order valence-electron chi connectivity index (χ0n) is 18.9. The molecule has 2 nitrogen and oxygen atoms in total. The molecule has 0 aromatic heterocycles. The zero-order chi connectivity index (χ0) is 19.1. The van der Waals surface area contributed by atoms with Crippen LogP contribution in [0.2, 0.25) is 78.6 Å². The van der Waals surface area contributed by atoms with Crippen LogP contribution in [0.1, 0.15) is 25.7 Å². The summed E-state index contributed by atoms with van der Waals surface area (Å²) >= 11 is 0. The fraction of sp³-hybridized carbons (Fsp3) is 1.00. The van der Waals surface area contributed by atoms with Crippen LogP contribution in [0.4, 0.5) is 0 Å². The fourth-order valence-electron chi connectivity index (χ4n) is 5.81. The Kier molecular flexibility index (Phi) is 7.06. The first-order chi connectivity index (χ1) is 10.5. The minimum Gasteiger partial charge on any atom is -0.343 e. The molecule has 2 unspecified atom stereocenters. The summed E-state index contributed by atoms with van der Waals surface area (Å²) in [6.45, 7) is 30.9. The Bertz CT molecular complexity index is 347. The van der Waals surface area contributed by atoms with Gasteiger partial charge in [-0.1, -0.05) is 85.0 Å². The first kappa shape index (κ1) is 22.8. The van der Waals surface area contributed by atoms with Gasteiger partial charge in [-0.25, -0.2) is 0 Å². The van der Waals surface area contributed by atoms with Crippen molar-refractivity contribution in [1.29, 1.82) is 0 Å².